The molecule has 1 aromatic heterocycles. The third-order valence-electron chi connectivity index (χ3n) is 2.68. The summed E-state index contributed by atoms with van der Waals surface area (Å²) in [6.45, 7) is 6.46. The Morgan fingerprint density at radius 2 is 2.32 bits per heavy atom. The van der Waals surface area contributed by atoms with Gasteiger partial charge in [-0.3, -0.25) is 4.98 Å². The largest absolute Gasteiger partial charge is 0.409 e. The number of hydrogen-bond donors (Lipinski definition) is 2. The number of ether oxygens (including phenoxy) is 1. The summed E-state index contributed by atoms with van der Waals surface area (Å²) in [5, 5.41) is 11.9. The highest BCUT2D eigenvalue weighted by Gasteiger charge is 2.15. The van der Waals surface area contributed by atoms with E-state index in [4.69, 9.17) is 15.7 Å². The first-order valence-corrected chi connectivity index (χ1v) is 6.26. The van der Waals surface area contributed by atoms with E-state index in [1.807, 2.05) is 0 Å². The number of aromatic nitrogens is 1. The van der Waals surface area contributed by atoms with Crippen molar-refractivity contribution in [3.63, 3.8) is 0 Å². The van der Waals surface area contributed by atoms with Crippen molar-refractivity contribution in [2.24, 2.45) is 16.8 Å². The van der Waals surface area contributed by atoms with Crippen LogP contribution in [0.4, 0.5) is 5.69 Å². The molecule has 0 saturated heterocycles. The Bertz CT molecular complexity index is 421. The molecule has 0 fully saturated rings. The van der Waals surface area contributed by atoms with E-state index in [-0.39, 0.29) is 5.84 Å². The van der Waals surface area contributed by atoms with E-state index in [2.05, 4.69) is 28.9 Å². The van der Waals surface area contributed by atoms with E-state index in [0.717, 1.165) is 18.8 Å². The molecule has 0 aliphatic heterocycles. The summed E-state index contributed by atoms with van der Waals surface area (Å²) in [6, 6.07) is 1.74. The Hall–Kier alpha value is -1.82. The summed E-state index contributed by atoms with van der Waals surface area (Å²) in [7, 11) is 1.67. The van der Waals surface area contributed by atoms with Crippen LogP contribution < -0.4 is 10.6 Å². The molecule has 0 aliphatic rings. The summed E-state index contributed by atoms with van der Waals surface area (Å²) in [6.07, 6.45) is 3.35. The number of oxime groups is 1. The molecule has 3 N–H and O–H groups in total. The zero-order valence-electron chi connectivity index (χ0n) is 11.7. The normalized spacial score (nSPS) is 11.9. The number of amidine groups is 1. The standard InChI is InChI=1S/C13H22N4O2/c1-10(2)9-17(6-7-19-3)12-8-15-5-4-11(12)13(14)16-18/h4-5,8,10,18H,6-7,9H2,1-3H3,(H2,14,16). The van der Waals surface area contributed by atoms with E-state index in [1.54, 1.807) is 25.6 Å². The number of nitrogens with two attached hydrogens (primary N) is 1. The smallest absolute Gasteiger partial charge is 0.172 e. The molecule has 0 amide bonds. The number of hydrogen-bond acceptors (Lipinski definition) is 5. The summed E-state index contributed by atoms with van der Waals surface area (Å²) in [5.74, 6) is 0.570. The molecule has 0 aliphatic carbocycles. The fraction of sp³-hybridized carbons (Fsp3) is 0.538. The Kier molecular flexibility index (Phi) is 6.08. The molecule has 0 unspecified atom stereocenters. The minimum absolute atomic E-state index is 0.0866. The van der Waals surface area contributed by atoms with Crippen LogP contribution in [-0.2, 0) is 4.74 Å². The number of rotatable bonds is 7. The minimum Gasteiger partial charge on any atom is -0.409 e. The monoisotopic (exact) mass is 266 g/mol. The van der Waals surface area contributed by atoms with Gasteiger partial charge >= 0.3 is 0 Å². The fourth-order valence-electron chi connectivity index (χ4n) is 1.86. The first-order chi connectivity index (χ1) is 9.10. The van der Waals surface area contributed by atoms with Crippen molar-refractivity contribution >= 4 is 11.5 Å². The van der Waals surface area contributed by atoms with Crippen LogP contribution in [-0.4, -0.2) is 42.8 Å². The van der Waals surface area contributed by atoms with Gasteiger partial charge in [-0.05, 0) is 12.0 Å². The van der Waals surface area contributed by atoms with Crippen molar-refractivity contribution in [3.8, 4) is 0 Å². The fourth-order valence-corrected chi connectivity index (χ4v) is 1.86. The Morgan fingerprint density at radius 3 is 2.89 bits per heavy atom. The lowest BCUT2D eigenvalue weighted by Gasteiger charge is -2.27. The lowest BCUT2D eigenvalue weighted by Crippen LogP contribution is -2.33. The van der Waals surface area contributed by atoms with Gasteiger partial charge in [-0.25, -0.2) is 0 Å². The molecule has 0 atom stereocenters. The lowest BCUT2D eigenvalue weighted by atomic mass is 10.1. The van der Waals surface area contributed by atoms with Gasteiger partial charge in [0.05, 0.1) is 18.5 Å². The SMILES string of the molecule is COCCN(CC(C)C)c1cnccc1/C(N)=N/O. The molecule has 19 heavy (non-hydrogen) atoms. The summed E-state index contributed by atoms with van der Waals surface area (Å²) < 4.78 is 5.13. The number of pyridine rings is 1. The van der Waals surface area contributed by atoms with Gasteiger partial charge in [0.25, 0.3) is 0 Å². The van der Waals surface area contributed by atoms with E-state index < -0.39 is 0 Å². The van der Waals surface area contributed by atoms with Crippen LogP contribution in [0.2, 0.25) is 0 Å². The van der Waals surface area contributed by atoms with Crippen LogP contribution in [0, 0.1) is 5.92 Å². The van der Waals surface area contributed by atoms with E-state index in [9.17, 15) is 0 Å². The molecule has 0 spiro atoms. The van der Waals surface area contributed by atoms with Gasteiger partial charge in [0.2, 0.25) is 0 Å². The van der Waals surface area contributed by atoms with Gasteiger partial charge < -0.3 is 20.6 Å². The summed E-state index contributed by atoms with van der Waals surface area (Å²) >= 11 is 0. The number of anilines is 1. The highest BCUT2D eigenvalue weighted by molar-refractivity contribution is 6.02. The van der Waals surface area contributed by atoms with Crippen LogP contribution in [0.5, 0.6) is 0 Å². The van der Waals surface area contributed by atoms with Crippen molar-refractivity contribution in [1.82, 2.24) is 4.98 Å². The van der Waals surface area contributed by atoms with E-state index in [0.29, 0.717) is 18.1 Å². The molecule has 0 radical (unpaired) electrons. The summed E-state index contributed by atoms with van der Waals surface area (Å²) in [5.41, 5.74) is 7.23. The van der Waals surface area contributed by atoms with Crippen molar-refractivity contribution < 1.29 is 9.94 Å². The van der Waals surface area contributed by atoms with E-state index in [1.165, 1.54) is 0 Å². The molecular weight excluding hydrogens is 244 g/mol. The Labute approximate surface area is 113 Å². The lowest BCUT2D eigenvalue weighted by molar-refractivity contribution is 0.204. The van der Waals surface area contributed by atoms with Crippen molar-refractivity contribution in [3.05, 3.63) is 24.0 Å². The predicted molar refractivity (Wildman–Crippen MR) is 75.7 cm³/mol. The zero-order chi connectivity index (χ0) is 14.3. The molecule has 0 saturated carbocycles. The van der Waals surface area contributed by atoms with Gasteiger partial charge in [-0.1, -0.05) is 19.0 Å². The molecule has 1 rings (SSSR count). The number of methoxy groups -OCH3 is 1. The second kappa shape index (κ2) is 7.58. The van der Waals surface area contributed by atoms with Crippen LogP contribution >= 0.6 is 0 Å². The molecule has 0 aromatic carbocycles. The number of nitrogens with zero attached hydrogens (tertiary/aromatic N) is 3. The van der Waals surface area contributed by atoms with Gasteiger partial charge in [0.1, 0.15) is 0 Å². The van der Waals surface area contributed by atoms with Crippen LogP contribution in [0.15, 0.2) is 23.6 Å². The Morgan fingerprint density at radius 1 is 1.58 bits per heavy atom. The first-order valence-electron chi connectivity index (χ1n) is 6.26. The van der Waals surface area contributed by atoms with Crippen LogP contribution in [0.3, 0.4) is 0 Å². The first kappa shape index (κ1) is 15.2. The maximum atomic E-state index is 8.85. The molecule has 0 bridgehead atoms. The highest BCUT2D eigenvalue weighted by atomic mass is 16.5. The minimum atomic E-state index is 0.0866. The quantitative estimate of drug-likeness (QED) is 0.336. The molecule has 6 nitrogen and oxygen atoms in total. The Balaban J connectivity index is 3.06. The average molecular weight is 266 g/mol. The summed E-state index contributed by atoms with van der Waals surface area (Å²) in [4.78, 5) is 6.26. The van der Waals surface area contributed by atoms with Crippen molar-refractivity contribution in [1.29, 1.82) is 0 Å². The van der Waals surface area contributed by atoms with E-state index >= 15 is 0 Å². The van der Waals surface area contributed by atoms with Gasteiger partial charge in [-0.2, -0.15) is 0 Å². The molecular formula is C13H22N4O2. The van der Waals surface area contributed by atoms with Gasteiger partial charge in [0.15, 0.2) is 5.84 Å². The van der Waals surface area contributed by atoms with Crippen molar-refractivity contribution in [2.75, 3.05) is 31.7 Å². The molecule has 6 heteroatoms. The topological polar surface area (TPSA) is 84.0 Å². The van der Waals surface area contributed by atoms with Crippen molar-refractivity contribution in [2.45, 2.75) is 13.8 Å². The maximum absolute atomic E-state index is 8.85. The second-order valence-corrected chi connectivity index (χ2v) is 4.71. The molecule has 1 aromatic rings. The zero-order valence-corrected chi connectivity index (χ0v) is 11.7. The molecule has 1 heterocycles. The van der Waals surface area contributed by atoms with Gasteiger partial charge in [0, 0.05) is 32.0 Å². The third-order valence-corrected chi connectivity index (χ3v) is 2.68. The second-order valence-electron chi connectivity index (χ2n) is 4.71. The maximum Gasteiger partial charge on any atom is 0.172 e. The third kappa shape index (κ3) is 4.40. The highest BCUT2D eigenvalue weighted by Crippen LogP contribution is 2.20. The van der Waals surface area contributed by atoms with Crippen LogP contribution in [0.1, 0.15) is 19.4 Å². The van der Waals surface area contributed by atoms with Crippen LogP contribution in [0.25, 0.3) is 0 Å². The average Bonchev–Trinajstić information content (AvgIpc) is 2.42. The molecule has 106 valence electrons. The van der Waals surface area contributed by atoms with Gasteiger partial charge in [-0.15, -0.1) is 0 Å². The predicted octanol–water partition coefficient (Wildman–Crippen LogP) is 1.28.